The third kappa shape index (κ3) is 3.17. The van der Waals surface area contributed by atoms with Gasteiger partial charge in [0.25, 0.3) is 0 Å². The molecule has 0 saturated carbocycles. The van der Waals surface area contributed by atoms with Crippen molar-refractivity contribution in [3.05, 3.63) is 47.2 Å². The van der Waals surface area contributed by atoms with Gasteiger partial charge in [0.1, 0.15) is 11.5 Å². The van der Waals surface area contributed by atoms with E-state index >= 15 is 0 Å². The van der Waals surface area contributed by atoms with Gasteiger partial charge in [-0.25, -0.2) is 0 Å². The number of benzene rings is 1. The van der Waals surface area contributed by atoms with Crippen LogP contribution in [-0.2, 0) is 0 Å². The van der Waals surface area contributed by atoms with Gasteiger partial charge in [-0.05, 0) is 49.5 Å². The number of rotatable bonds is 3. The van der Waals surface area contributed by atoms with Crippen molar-refractivity contribution in [2.45, 2.75) is 33.1 Å². The van der Waals surface area contributed by atoms with E-state index in [2.05, 4.69) is 19.6 Å². The molecular weight excluding hydrogens is 244 g/mol. The van der Waals surface area contributed by atoms with Gasteiger partial charge < -0.3 is 4.74 Å². The quantitative estimate of drug-likeness (QED) is 0.703. The summed E-state index contributed by atoms with van der Waals surface area (Å²) in [5, 5.41) is 0.648. The van der Waals surface area contributed by atoms with Crippen LogP contribution in [0, 0.1) is 5.92 Å². The lowest BCUT2D eigenvalue weighted by molar-refractivity contribution is 0.358. The zero-order valence-corrected chi connectivity index (χ0v) is 11.8. The van der Waals surface area contributed by atoms with Crippen molar-refractivity contribution in [1.82, 2.24) is 0 Å². The molecule has 0 saturated heterocycles. The van der Waals surface area contributed by atoms with E-state index in [1.54, 1.807) is 0 Å². The third-order valence-electron chi connectivity index (χ3n) is 3.30. The van der Waals surface area contributed by atoms with E-state index in [4.69, 9.17) is 16.3 Å². The minimum absolute atomic E-state index is 0.648. The molecule has 0 fully saturated rings. The molecule has 0 aliphatic heterocycles. The molecule has 18 heavy (non-hydrogen) atoms. The summed E-state index contributed by atoms with van der Waals surface area (Å²) in [7, 11) is 0. The van der Waals surface area contributed by atoms with Crippen molar-refractivity contribution >= 4 is 17.2 Å². The molecule has 1 unspecified atom stereocenters. The van der Waals surface area contributed by atoms with Crippen LogP contribution < -0.4 is 4.74 Å². The number of allylic oxidation sites excluding steroid dienone is 3. The number of halogens is 1. The lowest BCUT2D eigenvalue weighted by atomic mass is 9.95. The van der Waals surface area contributed by atoms with Gasteiger partial charge in [-0.15, -0.1) is 0 Å². The van der Waals surface area contributed by atoms with E-state index in [-0.39, 0.29) is 0 Å². The van der Waals surface area contributed by atoms with Crippen LogP contribution in [-0.4, -0.2) is 0 Å². The third-order valence-corrected chi connectivity index (χ3v) is 3.59. The molecule has 0 aromatic heterocycles. The van der Waals surface area contributed by atoms with E-state index in [1.165, 1.54) is 6.42 Å². The molecule has 0 radical (unpaired) electrons. The second-order valence-corrected chi connectivity index (χ2v) is 5.48. The Bertz CT molecular complexity index is 488. The first kappa shape index (κ1) is 13.2. The highest BCUT2D eigenvalue weighted by molar-refractivity contribution is 6.32. The summed E-state index contributed by atoms with van der Waals surface area (Å²) < 4.78 is 5.87. The van der Waals surface area contributed by atoms with Gasteiger partial charge in [0.15, 0.2) is 0 Å². The summed E-state index contributed by atoms with van der Waals surface area (Å²) in [6, 6.07) is 5.83. The van der Waals surface area contributed by atoms with E-state index < -0.39 is 0 Å². The molecule has 1 aromatic rings. The molecule has 1 aromatic carbocycles. The summed E-state index contributed by atoms with van der Waals surface area (Å²) in [6.07, 6.45) is 5.46. The maximum atomic E-state index is 6.23. The molecule has 96 valence electrons. The average molecular weight is 263 g/mol. The van der Waals surface area contributed by atoms with Gasteiger partial charge in [0.2, 0.25) is 0 Å². The van der Waals surface area contributed by atoms with Gasteiger partial charge in [0.05, 0.1) is 5.02 Å². The largest absolute Gasteiger partial charge is 0.461 e. The fraction of sp³-hybridized carbons (Fsp3) is 0.375. The van der Waals surface area contributed by atoms with Crippen LogP contribution in [0.2, 0.25) is 5.02 Å². The Hall–Kier alpha value is -1.21. The minimum Gasteiger partial charge on any atom is -0.461 e. The summed E-state index contributed by atoms with van der Waals surface area (Å²) in [5.41, 5.74) is 2.06. The molecule has 0 amide bonds. The van der Waals surface area contributed by atoms with E-state index in [1.807, 2.05) is 25.1 Å². The summed E-state index contributed by atoms with van der Waals surface area (Å²) in [4.78, 5) is 0. The first-order valence-corrected chi connectivity index (χ1v) is 6.76. The van der Waals surface area contributed by atoms with Gasteiger partial charge in [-0.2, -0.15) is 0 Å². The van der Waals surface area contributed by atoms with Crippen LogP contribution in [0.25, 0.3) is 5.57 Å². The highest BCUT2D eigenvalue weighted by Crippen LogP contribution is 2.32. The fourth-order valence-electron chi connectivity index (χ4n) is 2.02. The minimum atomic E-state index is 0.648. The first-order chi connectivity index (χ1) is 8.56. The molecule has 2 heteroatoms. The predicted molar refractivity (Wildman–Crippen MR) is 77.9 cm³/mol. The Balaban J connectivity index is 2.13. The Morgan fingerprint density at radius 2 is 2.22 bits per heavy atom. The summed E-state index contributed by atoms with van der Waals surface area (Å²) >= 11 is 6.23. The Morgan fingerprint density at radius 3 is 2.78 bits per heavy atom. The first-order valence-electron chi connectivity index (χ1n) is 6.38. The molecule has 0 spiro atoms. The maximum Gasteiger partial charge on any atom is 0.145 e. The normalized spacial score (nSPS) is 19.3. The van der Waals surface area contributed by atoms with E-state index in [0.29, 0.717) is 5.02 Å². The molecule has 1 atom stereocenters. The number of ether oxygens (including phenoxy) is 1. The topological polar surface area (TPSA) is 9.23 Å². The number of hydrogen-bond donors (Lipinski definition) is 0. The van der Waals surface area contributed by atoms with Crippen LogP contribution in [0.1, 0.15) is 38.7 Å². The standard InChI is InChI=1S/C16H19ClO/c1-11(2)13-6-9-16(15(17)10-13)18-14-7-4-12(3)5-8-14/h6-7,9-10,12H,1,4-5,8H2,2-3H3. The van der Waals surface area contributed by atoms with Crippen molar-refractivity contribution in [3.8, 4) is 5.75 Å². The van der Waals surface area contributed by atoms with Crippen molar-refractivity contribution in [3.63, 3.8) is 0 Å². The molecule has 0 bridgehead atoms. The van der Waals surface area contributed by atoms with Crippen molar-refractivity contribution in [1.29, 1.82) is 0 Å². The van der Waals surface area contributed by atoms with E-state index in [9.17, 15) is 0 Å². The smallest absolute Gasteiger partial charge is 0.145 e. The monoisotopic (exact) mass is 262 g/mol. The fourth-order valence-corrected chi connectivity index (χ4v) is 2.24. The Morgan fingerprint density at radius 1 is 1.44 bits per heavy atom. The van der Waals surface area contributed by atoms with Gasteiger partial charge in [-0.3, -0.25) is 0 Å². The van der Waals surface area contributed by atoms with Gasteiger partial charge in [-0.1, -0.05) is 36.7 Å². The highest BCUT2D eigenvalue weighted by Gasteiger charge is 2.13. The van der Waals surface area contributed by atoms with E-state index in [0.717, 1.165) is 41.4 Å². The second-order valence-electron chi connectivity index (χ2n) is 5.08. The highest BCUT2D eigenvalue weighted by atomic mass is 35.5. The SMILES string of the molecule is C=C(C)c1ccc(OC2=CCC(C)CC2)c(Cl)c1. The maximum absolute atomic E-state index is 6.23. The molecule has 1 aliphatic rings. The summed E-state index contributed by atoms with van der Waals surface area (Å²) in [5.74, 6) is 2.54. The van der Waals surface area contributed by atoms with Gasteiger partial charge >= 0.3 is 0 Å². The van der Waals surface area contributed by atoms with Crippen molar-refractivity contribution in [2.24, 2.45) is 5.92 Å². The van der Waals surface area contributed by atoms with Crippen LogP contribution in [0.3, 0.4) is 0 Å². The molecule has 0 N–H and O–H groups in total. The lowest BCUT2D eigenvalue weighted by Gasteiger charge is -2.19. The zero-order valence-electron chi connectivity index (χ0n) is 11.0. The Labute approximate surface area is 114 Å². The van der Waals surface area contributed by atoms with Crippen LogP contribution >= 0.6 is 11.6 Å². The van der Waals surface area contributed by atoms with Crippen LogP contribution in [0.5, 0.6) is 5.75 Å². The van der Waals surface area contributed by atoms with Gasteiger partial charge in [0, 0.05) is 6.42 Å². The lowest BCUT2D eigenvalue weighted by Crippen LogP contribution is -2.06. The van der Waals surface area contributed by atoms with Crippen LogP contribution in [0.4, 0.5) is 0 Å². The molecule has 1 nitrogen and oxygen atoms in total. The Kier molecular flexibility index (Phi) is 4.13. The van der Waals surface area contributed by atoms with Crippen molar-refractivity contribution in [2.75, 3.05) is 0 Å². The number of hydrogen-bond acceptors (Lipinski definition) is 1. The zero-order chi connectivity index (χ0) is 13.1. The molecule has 0 heterocycles. The molecular formula is C16H19ClO. The summed E-state index contributed by atoms with van der Waals surface area (Å²) in [6.45, 7) is 8.14. The van der Waals surface area contributed by atoms with Crippen LogP contribution in [0.15, 0.2) is 36.6 Å². The average Bonchev–Trinajstić information content (AvgIpc) is 2.34. The molecule has 1 aliphatic carbocycles. The van der Waals surface area contributed by atoms with Crippen molar-refractivity contribution < 1.29 is 4.74 Å². The molecule has 2 rings (SSSR count). The predicted octanol–water partition coefficient (Wildman–Crippen LogP) is 5.46. The second kappa shape index (κ2) is 5.62.